The number of hydrogen-bond donors (Lipinski definition) is 1. The minimum Gasteiger partial charge on any atom is -0.381 e. The number of hydrogen-bond acceptors (Lipinski definition) is 5. The summed E-state index contributed by atoms with van der Waals surface area (Å²) in [6.45, 7) is 0. The summed E-state index contributed by atoms with van der Waals surface area (Å²) in [5.41, 5.74) is -0.315. The molecule has 0 amide bonds. The van der Waals surface area contributed by atoms with Crippen LogP contribution >= 0.6 is 0 Å². The molecule has 6 nitrogen and oxygen atoms in total. The molecule has 0 saturated heterocycles. The smallest absolute Gasteiger partial charge is 0.341 e. The highest BCUT2D eigenvalue weighted by Gasteiger charge is 2.59. The monoisotopic (exact) mass is 404 g/mol. The minimum atomic E-state index is -5.22. The van der Waals surface area contributed by atoms with Gasteiger partial charge in [-0.05, 0) is 23.3 Å². The molecular weight excluding hydrogens is 388 g/mol. The summed E-state index contributed by atoms with van der Waals surface area (Å²) in [4.78, 5) is 0. The Balaban J connectivity index is 2.37. The van der Waals surface area contributed by atoms with Gasteiger partial charge in [-0.15, -0.1) is 0 Å². The van der Waals surface area contributed by atoms with Gasteiger partial charge in [-0.1, -0.05) is 78.9 Å². The average Bonchev–Trinajstić information content (AvgIpc) is 2.63. The molecule has 0 fully saturated rings. The van der Waals surface area contributed by atoms with Crippen LogP contribution in [0.1, 0.15) is 11.1 Å². The van der Waals surface area contributed by atoms with Gasteiger partial charge in [-0.3, -0.25) is 4.55 Å². The molecule has 3 aromatic rings. The van der Waals surface area contributed by atoms with Gasteiger partial charge in [0.2, 0.25) is 0 Å². The van der Waals surface area contributed by atoms with E-state index in [1.807, 2.05) is 0 Å². The van der Waals surface area contributed by atoms with E-state index >= 15 is 0 Å². The van der Waals surface area contributed by atoms with Gasteiger partial charge in [-0.2, -0.15) is 16.8 Å². The van der Waals surface area contributed by atoms with Crippen LogP contribution in [0.15, 0.2) is 91.0 Å². The van der Waals surface area contributed by atoms with Gasteiger partial charge < -0.3 is 4.18 Å². The number of para-hydroxylation sites is 1. The van der Waals surface area contributed by atoms with Gasteiger partial charge >= 0.3 is 10.1 Å². The van der Waals surface area contributed by atoms with Crippen LogP contribution in [0, 0.1) is 0 Å². The summed E-state index contributed by atoms with van der Waals surface area (Å²) in [5.74, 6) is -0.0719. The fourth-order valence-corrected chi connectivity index (χ4v) is 6.19. The fraction of sp³-hybridized carbons (Fsp3) is 0.0526. The van der Waals surface area contributed by atoms with Gasteiger partial charge in [0.15, 0.2) is 0 Å². The highest BCUT2D eigenvalue weighted by Crippen LogP contribution is 2.43. The summed E-state index contributed by atoms with van der Waals surface area (Å²) in [5, 5.41) is 0. The zero-order valence-electron chi connectivity index (χ0n) is 14.0. The second-order valence-corrected chi connectivity index (χ2v) is 9.18. The second kappa shape index (κ2) is 7.15. The van der Waals surface area contributed by atoms with E-state index in [-0.39, 0.29) is 16.9 Å². The van der Waals surface area contributed by atoms with E-state index < -0.39 is 24.3 Å². The third-order valence-electron chi connectivity index (χ3n) is 3.97. The van der Waals surface area contributed by atoms with E-state index in [1.165, 1.54) is 60.7 Å². The third-order valence-corrected chi connectivity index (χ3v) is 8.00. The van der Waals surface area contributed by atoms with Crippen molar-refractivity contribution in [1.29, 1.82) is 0 Å². The molecule has 140 valence electrons. The van der Waals surface area contributed by atoms with E-state index in [0.29, 0.717) is 0 Å². The zero-order valence-corrected chi connectivity index (χ0v) is 15.6. The van der Waals surface area contributed by atoms with Crippen LogP contribution in [0.3, 0.4) is 0 Å². The Morgan fingerprint density at radius 2 is 1.00 bits per heavy atom. The minimum absolute atomic E-state index is 0.0719. The maximum Gasteiger partial charge on any atom is 0.341 e. The first kappa shape index (κ1) is 19.1. The Morgan fingerprint density at radius 1 is 0.630 bits per heavy atom. The van der Waals surface area contributed by atoms with E-state index in [4.69, 9.17) is 4.18 Å². The predicted octanol–water partition coefficient (Wildman–Crippen LogP) is 3.18. The Kier molecular flexibility index (Phi) is 5.05. The lowest BCUT2D eigenvalue weighted by Gasteiger charge is -2.30. The van der Waals surface area contributed by atoms with Gasteiger partial charge in [0.1, 0.15) is 5.75 Å². The molecule has 0 saturated carbocycles. The summed E-state index contributed by atoms with van der Waals surface area (Å²) in [6, 6.07) is 21.9. The van der Waals surface area contributed by atoms with Crippen molar-refractivity contribution in [2.24, 2.45) is 0 Å². The standard InChI is InChI=1S/C19H16O6S2/c20-26(21,22)19(16-10-4-1-5-11-16,17-12-6-2-7-13-17)27(23,24)25-18-14-8-3-9-15-18/h1-15H,(H,20,21,22). The average molecular weight is 404 g/mol. The normalized spacial score (nSPS) is 12.5. The van der Waals surface area contributed by atoms with E-state index in [9.17, 15) is 21.4 Å². The molecule has 8 heteroatoms. The van der Waals surface area contributed by atoms with Crippen molar-refractivity contribution in [1.82, 2.24) is 0 Å². The summed E-state index contributed by atoms with van der Waals surface area (Å²) in [6.07, 6.45) is 0. The van der Waals surface area contributed by atoms with Crippen LogP contribution in [0.5, 0.6) is 5.75 Å². The summed E-state index contributed by atoms with van der Waals surface area (Å²) < 4.78 is 64.2. The Hall–Kier alpha value is -2.68. The van der Waals surface area contributed by atoms with Gasteiger partial charge in [0.25, 0.3) is 14.2 Å². The maximum absolute atomic E-state index is 13.3. The molecule has 0 heterocycles. The third kappa shape index (κ3) is 3.34. The van der Waals surface area contributed by atoms with Crippen LogP contribution < -0.4 is 4.18 Å². The fourth-order valence-electron chi connectivity index (χ4n) is 2.86. The molecule has 3 aromatic carbocycles. The maximum atomic E-state index is 13.3. The molecular formula is C19H16O6S2. The Bertz CT molecular complexity index is 1070. The highest BCUT2D eigenvalue weighted by molar-refractivity contribution is 8.05. The van der Waals surface area contributed by atoms with Crippen molar-refractivity contribution in [2.75, 3.05) is 0 Å². The van der Waals surface area contributed by atoms with E-state index in [1.54, 1.807) is 30.3 Å². The molecule has 0 aliphatic carbocycles. The topological polar surface area (TPSA) is 97.7 Å². The van der Waals surface area contributed by atoms with Crippen molar-refractivity contribution >= 4 is 20.2 Å². The SMILES string of the molecule is O=S(=O)(O)C(c1ccccc1)(c1ccccc1)S(=O)(=O)Oc1ccccc1. The van der Waals surface area contributed by atoms with Crippen molar-refractivity contribution in [3.63, 3.8) is 0 Å². The van der Waals surface area contributed by atoms with Crippen molar-refractivity contribution in [3.8, 4) is 5.75 Å². The molecule has 0 aliphatic rings. The zero-order chi connectivity index (χ0) is 19.5. The predicted molar refractivity (Wildman–Crippen MR) is 101 cm³/mol. The Labute approximate surface area is 157 Å². The lowest BCUT2D eigenvalue weighted by atomic mass is 10.0. The molecule has 3 rings (SSSR count). The molecule has 27 heavy (non-hydrogen) atoms. The lowest BCUT2D eigenvalue weighted by molar-refractivity contribution is 0.440. The quantitative estimate of drug-likeness (QED) is 0.501. The molecule has 0 atom stereocenters. The highest BCUT2D eigenvalue weighted by atomic mass is 32.3. The van der Waals surface area contributed by atoms with Crippen molar-refractivity contribution < 1.29 is 25.6 Å². The van der Waals surface area contributed by atoms with E-state index in [2.05, 4.69) is 0 Å². The van der Waals surface area contributed by atoms with Gasteiger partial charge in [0.05, 0.1) is 0 Å². The van der Waals surface area contributed by atoms with Crippen molar-refractivity contribution in [2.45, 2.75) is 4.08 Å². The van der Waals surface area contributed by atoms with Crippen LogP contribution in [-0.2, 0) is 24.3 Å². The number of benzene rings is 3. The number of rotatable bonds is 6. The molecule has 0 radical (unpaired) electrons. The first-order valence-corrected chi connectivity index (χ1v) is 10.7. The summed E-state index contributed by atoms with van der Waals surface area (Å²) >= 11 is 0. The molecule has 0 bridgehead atoms. The molecule has 1 N–H and O–H groups in total. The summed E-state index contributed by atoms with van der Waals surface area (Å²) in [7, 11) is -10.2. The van der Waals surface area contributed by atoms with Gasteiger partial charge in [-0.25, -0.2) is 0 Å². The lowest BCUT2D eigenvalue weighted by Crippen LogP contribution is -2.46. The largest absolute Gasteiger partial charge is 0.381 e. The Morgan fingerprint density at radius 3 is 1.37 bits per heavy atom. The van der Waals surface area contributed by atoms with Crippen molar-refractivity contribution in [3.05, 3.63) is 102 Å². The molecule has 0 aliphatic heterocycles. The van der Waals surface area contributed by atoms with Crippen LogP contribution in [0.4, 0.5) is 0 Å². The molecule has 0 aromatic heterocycles. The first-order chi connectivity index (χ1) is 12.8. The van der Waals surface area contributed by atoms with Gasteiger partial charge in [0, 0.05) is 0 Å². The van der Waals surface area contributed by atoms with E-state index in [0.717, 1.165) is 0 Å². The molecule has 0 spiro atoms. The molecule has 0 unspecified atom stereocenters. The second-order valence-electron chi connectivity index (χ2n) is 5.67. The first-order valence-electron chi connectivity index (χ1n) is 7.86. The van der Waals surface area contributed by atoms with Crippen LogP contribution in [0.2, 0.25) is 0 Å². The van der Waals surface area contributed by atoms with Crippen LogP contribution in [-0.4, -0.2) is 21.4 Å². The van der Waals surface area contributed by atoms with Crippen LogP contribution in [0.25, 0.3) is 0 Å².